The van der Waals surface area contributed by atoms with E-state index in [4.69, 9.17) is 0 Å². The van der Waals surface area contributed by atoms with Crippen molar-refractivity contribution in [3.05, 3.63) is 47.9 Å². The van der Waals surface area contributed by atoms with Crippen LogP contribution in [0.5, 0.6) is 0 Å². The van der Waals surface area contributed by atoms with Crippen molar-refractivity contribution >= 4 is 22.1 Å². The van der Waals surface area contributed by atoms with Gasteiger partial charge in [0.2, 0.25) is 0 Å². The normalized spacial score (nSPS) is 12.6. The number of hydrogen-bond donors (Lipinski definition) is 4. The molecule has 0 radical (unpaired) electrons. The number of aromatic nitrogens is 4. The number of fused-ring (bicyclic) bond motifs is 2. The zero-order chi connectivity index (χ0) is 19.0. The fraction of sp³-hybridized carbons (Fsp3) is 0.364. The molecule has 0 saturated carbocycles. The molecule has 0 bridgehead atoms. The van der Waals surface area contributed by atoms with Crippen LogP contribution in [0.25, 0.3) is 33.3 Å². The lowest BCUT2D eigenvalue weighted by atomic mass is 10.0. The number of benzene rings is 1. The van der Waals surface area contributed by atoms with Crippen molar-refractivity contribution in [1.82, 2.24) is 25.3 Å². The minimum Gasteiger partial charge on any atom is -0.395 e. The highest BCUT2D eigenvalue weighted by atomic mass is 16.3. The van der Waals surface area contributed by atoms with Gasteiger partial charge in [0.05, 0.1) is 12.1 Å². The zero-order valence-corrected chi connectivity index (χ0v) is 15.9. The fourth-order valence-corrected chi connectivity index (χ4v) is 3.45. The van der Waals surface area contributed by atoms with Crippen LogP contribution in [0.1, 0.15) is 32.7 Å². The van der Waals surface area contributed by atoms with E-state index in [-0.39, 0.29) is 20.1 Å². The second-order valence-corrected chi connectivity index (χ2v) is 7.40. The van der Waals surface area contributed by atoms with Crippen molar-refractivity contribution in [2.24, 2.45) is 5.92 Å². The predicted molar refractivity (Wildman–Crippen MR) is 115 cm³/mol. The summed E-state index contributed by atoms with van der Waals surface area (Å²) in [5, 5.41) is 14.1. The molecule has 0 aliphatic carbocycles. The molecular formula is C22H29N5O. The molecule has 0 fully saturated rings. The van der Waals surface area contributed by atoms with E-state index in [0.29, 0.717) is 5.92 Å². The van der Waals surface area contributed by atoms with E-state index in [9.17, 15) is 5.11 Å². The summed E-state index contributed by atoms with van der Waals surface area (Å²) in [6.07, 6.45) is 1.79. The summed E-state index contributed by atoms with van der Waals surface area (Å²) in [6.45, 7) is 7.05. The minimum atomic E-state index is 0. The second kappa shape index (κ2) is 8.12. The third-order valence-corrected chi connectivity index (χ3v) is 5.06. The van der Waals surface area contributed by atoms with Crippen molar-refractivity contribution in [1.29, 1.82) is 0 Å². The maximum absolute atomic E-state index is 9.48. The molecule has 0 unspecified atom stereocenters. The summed E-state index contributed by atoms with van der Waals surface area (Å²) >= 11 is 0. The Morgan fingerprint density at radius 1 is 1.14 bits per heavy atom. The lowest BCUT2D eigenvalue weighted by Gasteiger charge is -2.19. The van der Waals surface area contributed by atoms with E-state index in [0.717, 1.165) is 45.7 Å². The lowest BCUT2D eigenvalue weighted by molar-refractivity contribution is 0.210. The highest BCUT2D eigenvalue weighted by molar-refractivity contribution is 5.94. The summed E-state index contributed by atoms with van der Waals surface area (Å²) < 4.78 is 0. The Balaban J connectivity index is 0.00000225. The molecule has 28 heavy (non-hydrogen) atoms. The first-order valence-corrected chi connectivity index (χ1v) is 9.32. The number of nitrogens with zero attached hydrogens (tertiary/aromatic N) is 2. The third-order valence-electron chi connectivity index (χ3n) is 5.06. The highest BCUT2D eigenvalue weighted by Crippen LogP contribution is 2.29. The molecule has 1 atom stereocenters. The van der Waals surface area contributed by atoms with Crippen molar-refractivity contribution in [2.75, 3.05) is 6.61 Å². The zero-order valence-electron chi connectivity index (χ0n) is 15.9. The number of aryl methyl sites for hydroxylation is 1. The van der Waals surface area contributed by atoms with Crippen LogP contribution in [0.2, 0.25) is 0 Å². The SMILES string of the molecule is C.Cc1nc2nccc(-c3cc4cc(CN[C@@H](CO)C(C)C)ccc4[nH]3)c2[nH]1. The van der Waals surface area contributed by atoms with Crippen LogP contribution in [-0.2, 0) is 6.54 Å². The number of nitrogens with one attached hydrogen (secondary N) is 3. The number of aromatic amines is 2. The topological polar surface area (TPSA) is 89.6 Å². The number of hydrogen-bond acceptors (Lipinski definition) is 4. The van der Waals surface area contributed by atoms with Crippen LogP contribution in [0.15, 0.2) is 36.5 Å². The number of pyridine rings is 1. The van der Waals surface area contributed by atoms with Gasteiger partial charge in [-0.25, -0.2) is 9.97 Å². The van der Waals surface area contributed by atoms with E-state index < -0.39 is 0 Å². The van der Waals surface area contributed by atoms with Crippen LogP contribution in [-0.4, -0.2) is 37.7 Å². The smallest absolute Gasteiger partial charge is 0.178 e. The monoisotopic (exact) mass is 379 g/mol. The van der Waals surface area contributed by atoms with E-state index in [1.165, 1.54) is 5.56 Å². The van der Waals surface area contributed by atoms with Crippen LogP contribution in [0.3, 0.4) is 0 Å². The standard InChI is InChI=1S/C21H25N5O.CH4/c1-12(2)19(11-27)23-10-14-4-5-17-15(8-14)9-18(26-17)16-6-7-22-21-20(16)24-13(3)25-21;/h4-9,12,19,23,26-27H,10-11H2,1-3H3,(H,22,24,25);1H4/t19-;/m0./s1. The fourth-order valence-electron chi connectivity index (χ4n) is 3.45. The van der Waals surface area contributed by atoms with Crippen molar-refractivity contribution in [3.8, 4) is 11.3 Å². The molecule has 6 nitrogen and oxygen atoms in total. The average molecular weight is 380 g/mol. The molecule has 4 rings (SSSR count). The molecule has 0 spiro atoms. The van der Waals surface area contributed by atoms with Crippen LogP contribution in [0.4, 0.5) is 0 Å². The van der Waals surface area contributed by atoms with Gasteiger partial charge in [-0.1, -0.05) is 27.3 Å². The van der Waals surface area contributed by atoms with E-state index in [2.05, 4.69) is 63.4 Å². The summed E-state index contributed by atoms with van der Waals surface area (Å²) in [5.74, 6) is 1.25. The Bertz CT molecular complexity index is 1080. The molecule has 3 aromatic heterocycles. The van der Waals surface area contributed by atoms with Gasteiger partial charge in [-0.2, -0.15) is 0 Å². The quantitative estimate of drug-likeness (QED) is 0.405. The second-order valence-electron chi connectivity index (χ2n) is 7.40. The largest absolute Gasteiger partial charge is 0.395 e. The Morgan fingerprint density at radius 2 is 1.96 bits per heavy atom. The molecule has 0 amide bonds. The molecule has 6 heteroatoms. The third kappa shape index (κ3) is 3.79. The Hall–Kier alpha value is -2.70. The van der Waals surface area contributed by atoms with Crippen molar-refractivity contribution in [3.63, 3.8) is 0 Å². The molecule has 1 aromatic carbocycles. The van der Waals surface area contributed by atoms with Gasteiger partial charge in [-0.05, 0) is 42.7 Å². The molecule has 0 saturated heterocycles. The highest BCUT2D eigenvalue weighted by Gasteiger charge is 2.13. The van der Waals surface area contributed by atoms with E-state index in [1.807, 2.05) is 13.0 Å². The minimum absolute atomic E-state index is 0. The summed E-state index contributed by atoms with van der Waals surface area (Å²) in [5.41, 5.74) is 6.09. The number of H-pyrrole nitrogens is 2. The summed E-state index contributed by atoms with van der Waals surface area (Å²) in [6, 6.07) is 10.7. The van der Waals surface area contributed by atoms with Crippen molar-refractivity contribution in [2.45, 2.75) is 40.8 Å². The van der Waals surface area contributed by atoms with Crippen LogP contribution < -0.4 is 5.32 Å². The number of rotatable bonds is 6. The van der Waals surface area contributed by atoms with Gasteiger partial charge in [-0.15, -0.1) is 0 Å². The van der Waals surface area contributed by atoms with Crippen LogP contribution >= 0.6 is 0 Å². The van der Waals surface area contributed by atoms with E-state index in [1.54, 1.807) is 6.20 Å². The number of aliphatic hydroxyl groups is 1. The van der Waals surface area contributed by atoms with Gasteiger partial charge in [0.15, 0.2) is 5.65 Å². The predicted octanol–water partition coefficient (Wildman–Crippen LogP) is 4.16. The first-order chi connectivity index (χ1) is 13.0. The molecule has 0 aliphatic heterocycles. The Morgan fingerprint density at radius 3 is 2.71 bits per heavy atom. The van der Waals surface area contributed by atoms with Crippen LogP contribution in [0, 0.1) is 12.8 Å². The van der Waals surface area contributed by atoms with Gasteiger partial charge < -0.3 is 20.4 Å². The first kappa shape index (κ1) is 20.0. The number of imidazole rings is 1. The molecule has 3 heterocycles. The molecular weight excluding hydrogens is 350 g/mol. The molecule has 4 N–H and O–H groups in total. The van der Waals surface area contributed by atoms with Gasteiger partial charge in [-0.3, -0.25) is 0 Å². The van der Waals surface area contributed by atoms with E-state index >= 15 is 0 Å². The maximum atomic E-state index is 9.48. The molecule has 4 aromatic rings. The lowest BCUT2D eigenvalue weighted by Crippen LogP contribution is -2.36. The average Bonchev–Trinajstić information content (AvgIpc) is 3.23. The molecule has 148 valence electrons. The summed E-state index contributed by atoms with van der Waals surface area (Å²) in [4.78, 5) is 15.6. The van der Waals surface area contributed by atoms with Gasteiger partial charge in [0.1, 0.15) is 5.82 Å². The van der Waals surface area contributed by atoms with Gasteiger partial charge in [0.25, 0.3) is 0 Å². The first-order valence-electron chi connectivity index (χ1n) is 9.32. The van der Waals surface area contributed by atoms with Gasteiger partial charge >= 0.3 is 0 Å². The maximum Gasteiger partial charge on any atom is 0.178 e. The molecule has 0 aliphatic rings. The number of aliphatic hydroxyl groups excluding tert-OH is 1. The van der Waals surface area contributed by atoms with Crippen molar-refractivity contribution < 1.29 is 5.11 Å². The summed E-state index contributed by atoms with van der Waals surface area (Å²) in [7, 11) is 0. The Labute approximate surface area is 165 Å². The van der Waals surface area contributed by atoms with Gasteiger partial charge in [0, 0.05) is 40.9 Å². The Kier molecular flexibility index (Phi) is 5.82.